The smallest absolute Gasteiger partial charge is 0.236 e. The highest BCUT2D eigenvalue weighted by atomic mass is 32.2. The standard InChI is InChI=1S/C18H26N2O2S/c1-14(2)17(23-16-8-5-4-6-9-16)18(22)20-11-7-10-19(12-13-20)15(3)21/h4-6,8-9,14,17H,7,10-13H2,1-3H3/t17-/m1/s1. The van der Waals surface area contributed by atoms with Crippen LogP contribution in [0.25, 0.3) is 0 Å². The Hall–Kier alpha value is -1.49. The second-order valence-corrected chi connectivity index (χ2v) is 7.50. The Kier molecular flexibility index (Phi) is 6.51. The molecule has 0 bridgehead atoms. The van der Waals surface area contributed by atoms with Gasteiger partial charge in [0.1, 0.15) is 0 Å². The van der Waals surface area contributed by atoms with Crippen molar-refractivity contribution < 1.29 is 9.59 Å². The molecule has 23 heavy (non-hydrogen) atoms. The van der Waals surface area contributed by atoms with Gasteiger partial charge in [0, 0.05) is 38.0 Å². The van der Waals surface area contributed by atoms with Gasteiger partial charge in [0.15, 0.2) is 0 Å². The lowest BCUT2D eigenvalue weighted by molar-refractivity contribution is -0.132. The zero-order valence-electron chi connectivity index (χ0n) is 14.2. The molecule has 0 aliphatic carbocycles. The Morgan fingerprint density at radius 1 is 1.00 bits per heavy atom. The molecular formula is C18H26N2O2S. The summed E-state index contributed by atoms with van der Waals surface area (Å²) in [5.41, 5.74) is 0. The van der Waals surface area contributed by atoms with Gasteiger partial charge in [0.25, 0.3) is 0 Å². The van der Waals surface area contributed by atoms with Gasteiger partial charge in [0.05, 0.1) is 5.25 Å². The maximum atomic E-state index is 13.0. The first kappa shape index (κ1) is 17.9. The molecule has 1 aliphatic rings. The summed E-state index contributed by atoms with van der Waals surface area (Å²) in [6, 6.07) is 10.1. The van der Waals surface area contributed by atoms with Crippen LogP contribution in [0.2, 0.25) is 0 Å². The van der Waals surface area contributed by atoms with Gasteiger partial charge in [-0.15, -0.1) is 11.8 Å². The molecule has 0 radical (unpaired) electrons. The number of benzene rings is 1. The van der Waals surface area contributed by atoms with E-state index in [4.69, 9.17) is 0 Å². The minimum atomic E-state index is -0.0821. The van der Waals surface area contributed by atoms with E-state index in [1.54, 1.807) is 18.7 Å². The molecule has 1 aromatic carbocycles. The third-order valence-electron chi connectivity index (χ3n) is 4.11. The number of amides is 2. The SMILES string of the molecule is CC(=O)N1CCCN(C(=O)[C@H](Sc2ccccc2)C(C)C)CC1. The van der Waals surface area contributed by atoms with Gasteiger partial charge in [-0.25, -0.2) is 0 Å². The van der Waals surface area contributed by atoms with Crippen LogP contribution in [0.5, 0.6) is 0 Å². The molecule has 0 spiro atoms. The number of carbonyl (C=O) groups is 2. The monoisotopic (exact) mass is 334 g/mol. The Morgan fingerprint density at radius 3 is 2.22 bits per heavy atom. The molecule has 1 saturated heterocycles. The van der Waals surface area contributed by atoms with E-state index in [2.05, 4.69) is 13.8 Å². The van der Waals surface area contributed by atoms with Crippen LogP contribution in [0, 0.1) is 5.92 Å². The lowest BCUT2D eigenvalue weighted by atomic mass is 10.1. The molecule has 0 aromatic heterocycles. The van der Waals surface area contributed by atoms with Crippen LogP contribution in [0.4, 0.5) is 0 Å². The molecule has 1 aliphatic heterocycles. The molecule has 0 N–H and O–H groups in total. The van der Waals surface area contributed by atoms with E-state index in [-0.39, 0.29) is 23.0 Å². The predicted octanol–water partition coefficient (Wildman–Crippen LogP) is 2.88. The van der Waals surface area contributed by atoms with Crippen molar-refractivity contribution in [2.24, 2.45) is 5.92 Å². The average molecular weight is 334 g/mol. The van der Waals surface area contributed by atoms with E-state index in [1.165, 1.54) is 0 Å². The summed E-state index contributed by atoms with van der Waals surface area (Å²) in [6.07, 6.45) is 0.853. The van der Waals surface area contributed by atoms with Gasteiger partial charge in [0.2, 0.25) is 11.8 Å². The first-order valence-electron chi connectivity index (χ1n) is 8.25. The quantitative estimate of drug-likeness (QED) is 0.795. The predicted molar refractivity (Wildman–Crippen MR) is 94.4 cm³/mol. The Bertz CT molecular complexity index is 533. The molecule has 126 valence electrons. The number of rotatable bonds is 4. The summed E-state index contributed by atoms with van der Waals surface area (Å²) in [6.45, 7) is 8.55. The van der Waals surface area contributed by atoms with Crippen LogP contribution in [0.15, 0.2) is 35.2 Å². The van der Waals surface area contributed by atoms with Crippen LogP contribution in [0.1, 0.15) is 27.2 Å². The minimum absolute atomic E-state index is 0.0821. The molecule has 1 fully saturated rings. The van der Waals surface area contributed by atoms with Crippen LogP contribution in [0.3, 0.4) is 0 Å². The lowest BCUT2D eigenvalue weighted by Crippen LogP contribution is -2.42. The van der Waals surface area contributed by atoms with Crippen molar-refractivity contribution >= 4 is 23.6 Å². The van der Waals surface area contributed by atoms with Crippen molar-refractivity contribution in [3.63, 3.8) is 0 Å². The normalized spacial score (nSPS) is 17.0. The van der Waals surface area contributed by atoms with E-state index in [0.29, 0.717) is 13.1 Å². The van der Waals surface area contributed by atoms with Crippen molar-refractivity contribution in [1.82, 2.24) is 9.80 Å². The van der Waals surface area contributed by atoms with Crippen molar-refractivity contribution in [2.45, 2.75) is 37.3 Å². The van der Waals surface area contributed by atoms with Crippen molar-refractivity contribution in [3.05, 3.63) is 30.3 Å². The Morgan fingerprint density at radius 2 is 1.61 bits per heavy atom. The number of hydrogen-bond donors (Lipinski definition) is 0. The highest BCUT2D eigenvalue weighted by Crippen LogP contribution is 2.29. The van der Waals surface area contributed by atoms with Crippen LogP contribution in [-0.4, -0.2) is 53.0 Å². The summed E-state index contributed by atoms with van der Waals surface area (Å²) in [7, 11) is 0. The van der Waals surface area contributed by atoms with Crippen molar-refractivity contribution in [2.75, 3.05) is 26.2 Å². The minimum Gasteiger partial charge on any atom is -0.341 e. The number of carbonyl (C=O) groups excluding carboxylic acids is 2. The molecular weight excluding hydrogens is 308 g/mol. The van der Waals surface area contributed by atoms with E-state index >= 15 is 0 Å². The summed E-state index contributed by atoms with van der Waals surface area (Å²) in [4.78, 5) is 29.4. The second-order valence-electron chi connectivity index (χ2n) is 6.28. The van der Waals surface area contributed by atoms with Gasteiger partial charge in [-0.1, -0.05) is 32.0 Å². The fraction of sp³-hybridized carbons (Fsp3) is 0.556. The van der Waals surface area contributed by atoms with Gasteiger partial charge in [-0.2, -0.15) is 0 Å². The average Bonchev–Trinajstić information content (AvgIpc) is 2.79. The van der Waals surface area contributed by atoms with E-state index in [1.807, 2.05) is 40.1 Å². The van der Waals surface area contributed by atoms with Crippen LogP contribution >= 0.6 is 11.8 Å². The third kappa shape index (κ3) is 4.99. The zero-order chi connectivity index (χ0) is 16.8. The number of thioether (sulfide) groups is 1. The zero-order valence-corrected chi connectivity index (χ0v) is 15.0. The number of hydrogen-bond acceptors (Lipinski definition) is 3. The maximum Gasteiger partial charge on any atom is 0.236 e. The van der Waals surface area contributed by atoms with Gasteiger partial charge >= 0.3 is 0 Å². The fourth-order valence-corrected chi connectivity index (χ4v) is 3.88. The molecule has 4 nitrogen and oxygen atoms in total. The largest absolute Gasteiger partial charge is 0.341 e. The molecule has 5 heteroatoms. The molecule has 1 heterocycles. The van der Waals surface area contributed by atoms with Crippen LogP contribution in [-0.2, 0) is 9.59 Å². The first-order valence-corrected chi connectivity index (χ1v) is 9.13. The summed E-state index contributed by atoms with van der Waals surface area (Å²) in [5.74, 6) is 0.553. The summed E-state index contributed by atoms with van der Waals surface area (Å²) < 4.78 is 0. The van der Waals surface area contributed by atoms with Gasteiger partial charge < -0.3 is 9.80 Å². The van der Waals surface area contributed by atoms with E-state index in [0.717, 1.165) is 24.4 Å². The first-order chi connectivity index (χ1) is 11.0. The highest BCUT2D eigenvalue weighted by Gasteiger charge is 2.29. The third-order valence-corrected chi connectivity index (χ3v) is 5.65. The molecule has 1 atom stereocenters. The number of nitrogens with zero attached hydrogens (tertiary/aromatic N) is 2. The van der Waals surface area contributed by atoms with Gasteiger partial charge in [-0.05, 0) is 24.5 Å². The Balaban J connectivity index is 2.04. The molecule has 2 rings (SSSR count). The van der Waals surface area contributed by atoms with Gasteiger partial charge in [-0.3, -0.25) is 9.59 Å². The van der Waals surface area contributed by atoms with Crippen LogP contribution < -0.4 is 0 Å². The Labute approximate surface area is 143 Å². The van der Waals surface area contributed by atoms with Crippen molar-refractivity contribution in [1.29, 1.82) is 0 Å². The molecule has 0 saturated carbocycles. The second kappa shape index (κ2) is 8.39. The van der Waals surface area contributed by atoms with E-state index < -0.39 is 0 Å². The maximum absolute atomic E-state index is 13.0. The van der Waals surface area contributed by atoms with Crippen molar-refractivity contribution in [3.8, 4) is 0 Å². The molecule has 2 amide bonds. The highest BCUT2D eigenvalue weighted by molar-refractivity contribution is 8.00. The topological polar surface area (TPSA) is 40.6 Å². The van der Waals surface area contributed by atoms with E-state index in [9.17, 15) is 9.59 Å². The molecule has 0 unspecified atom stereocenters. The lowest BCUT2D eigenvalue weighted by Gasteiger charge is -2.28. The fourth-order valence-electron chi connectivity index (χ4n) is 2.75. The molecule has 1 aromatic rings. The summed E-state index contributed by atoms with van der Waals surface area (Å²) in [5, 5.41) is -0.0821. The summed E-state index contributed by atoms with van der Waals surface area (Å²) >= 11 is 1.64.